The zero-order valence-corrected chi connectivity index (χ0v) is 10.1. The van der Waals surface area contributed by atoms with Gasteiger partial charge in [0.15, 0.2) is 5.82 Å². The third kappa shape index (κ3) is 2.31. The molecule has 6 nitrogen and oxygen atoms in total. The summed E-state index contributed by atoms with van der Waals surface area (Å²) in [6.07, 6.45) is 0. The lowest BCUT2D eigenvalue weighted by Gasteiger charge is -2.00. The number of aromatic nitrogens is 4. The summed E-state index contributed by atoms with van der Waals surface area (Å²) in [6.45, 7) is 6.18. The van der Waals surface area contributed by atoms with E-state index in [2.05, 4.69) is 20.3 Å². The first-order chi connectivity index (χ1) is 8.11. The van der Waals surface area contributed by atoms with Crippen LogP contribution in [0.5, 0.6) is 0 Å². The van der Waals surface area contributed by atoms with Gasteiger partial charge in [-0.3, -0.25) is 0 Å². The van der Waals surface area contributed by atoms with Crippen LogP contribution in [-0.2, 0) is 0 Å². The van der Waals surface area contributed by atoms with Gasteiger partial charge in [-0.25, -0.2) is 0 Å². The number of hydrogen-bond acceptors (Lipinski definition) is 6. The van der Waals surface area contributed by atoms with E-state index >= 15 is 0 Å². The molecule has 0 fully saturated rings. The summed E-state index contributed by atoms with van der Waals surface area (Å²) < 4.78 is 5.23. The van der Waals surface area contributed by atoms with Crippen molar-refractivity contribution in [1.29, 1.82) is 0 Å². The Kier molecular flexibility index (Phi) is 3.14. The Labute approximate surface area is 99.2 Å². The summed E-state index contributed by atoms with van der Waals surface area (Å²) in [7, 11) is 0. The number of hydrogen-bond donors (Lipinski definition) is 1. The molecule has 0 saturated carbocycles. The van der Waals surface area contributed by atoms with Crippen molar-refractivity contribution in [3.63, 3.8) is 0 Å². The molecule has 0 aliphatic carbocycles. The summed E-state index contributed by atoms with van der Waals surface area (Å²) in [5.74, 6) is 1.18. The highest BCUT2D eigenvalue weighted by molar-refractivity contribution is 5.55. The number of rotatable bonds is 3. The fourth-order valence-corrected chi connectivity index (χ4v) is 1.42. The second kappa shape index (κ2) is 4.58. The minimum atomic E-state index is 0.0868. The average Bonchev–Trinajstić information content (AvgIpc) is 2.80. The van der Waals surface area contributed by atoms with Gasteiger partial charge in [0.05, 0.1) is 17.0 Å². The molecule has 2 N–H and O–H groups in total. The largest absolute Gasteiger partial charge is 0.334 e. The zero-order chi connectivity index (χ0) is 12.4. The Morgan fingerprint density at radius 1 is 1.35 bits per heavy atom. The van der Waals surface area contributed by atoms with Gasteiger partial charge in [-0.15, -0.1) is 0 Å². The summed E-state index contributed by atoms with van der Waals surface area (Å²) >= 11 is 0. The van der Waals surface area contributed by atoms with E-state index in [1.807, 2.05) is 26.8 Å². The van der Waals surface area contributed by atoms with Crippen molar-refractivity contribution in [3.8, 4) is 11.5 Å². The van der Waals surface area contributed by atoms with Crippen LogP contribution in [0.4, 0.5) is 0 Å². The van der Waals surface area contributed by atoms with E-state index in [9.17, 15) is 0 Å². The monoisotopic (exact) mass is 233 g/mol. The molecule has 2 aromatic heterocycles. The number of nitrogens with zero attached hydrogens (tertiary/aromatic N) is 4. The first-order valence-corrected chi connectivity index (χ1v) is 5.46. The van der Waals surface area contributed by atoms with E-state index in [4.69, 9.17) is 10.3 Å². The van der Waals surface area contributed by atoms with Gasteiger partial charge in [0.25, 0.3) is 5.89 Å². The van der Waals surface area contributed by atoms with Gasteiger partial charge in [-0.1, -0.05) is 12.1 Å². The Morgan fingerprint density at radius 2 is 2.12 bits per heavy atom. The van der Waals surface area contributed by atoms with E-state index in [0.717, 1.165) is 17.0 Å². The van der Waals surface area contributed by atoms with Crippen LogP contribution >= 0.6 is 0 Å². The zero-order valence-electron chi connectivity index (χ0n) is 10.1. The predicted octanol–water partition coefficient (Wildman–Crippen LogP) is 1.21. The maximum Gasteiger partial charge on any atom is 0.259 e. The van der Waals surface area contributed by atoms with Crippen molar-refractivity contribution in [1.82, 2.24) is 20.3 Å². The predicted molar refractivity (Wildman–Crippen MR) is 62.3 cm³/mol. The van der Waals surface area contributed by atoms with Crippen molar-refractivity contribution >= 4 is 0 Å². The summed E-state index contributed by atoms with van der Waals surface area (Å²) in [4.78, 5) is 4.33. The number of aryl methyl sites for hydroxylation is 2. The van der Waals surface area contributed by atoms with Gasteiger partial charge in [0.2, 0.25) is 0 Å². The molecular formula is C11H15N5O. The Balaban J connectivity index is 2.40. The van der Waals surface area contributed by atoms with E-state index in [1.165, 1.54) is 0 Å². The quantitative estimate of drug-likeness (QED) is 0.856. The second-order valence-electron chi connectivity index (χ2n) is 4.08. The SMILES string of the molecule is Cc1cc(-c2nc(C(C)CN)no2)c(C)nn1. The normalized spacial score (nSPS) is 12.7. The second-order valence-corrected chi connectivity index (χ2v) is 4.08. The molecule has 90 valence electrons. The summed E-state index contributed by atoms with van der Waals surface area (Å²) in [5, 5.41) is 11.9. The van der Waals surface area contributed by atoms with Crippen LogP contribution < -0.4 is 5.73 Å². The molecule has 0 bridgehead atoms. The molecule has 0 saturated heterocycles. The Morgan fingerprint density at radius 3 is 2.82 bits per heavy atom. The number of nitrogens with two attached hydrogens (primary N) is 1. The molecule has 0 aliphatic heterocycles. The lowest BCUT2D eigenvalue weighted by molar-refractivity contribution is 0.417. The minimum Gasteiger partial charge on any atom is -0.334 e. The summed E-state index contributed by atoms with van der Waals surface area (Å²) in [6, 6.07) is 1.88. The van der Waals surface area contributed by atoms with Crippen LogP contribution in [0, 0.1) is 13.8 Å². The highest BCUT2D eigenvalue weighted by Crippen LogP contribution is 2.22. The van der Waals surface area contributed by atoms with Crippen LogP contribution in [0.2, 0.25) is 0 Å². The minimum absolute atomic E-state index is 0.0868. The molecule has 17 heavy (non-hydrogen) atoms. The molecular weight excluding hydrogens is 218 g/mol. The highest BCUT2D eigenvalue weighted by Gasteiger charge is 2.15. The molecule has 2 heterocycles. The molecule has 0 spiro atoms. The van der Waals surface area contributed by atoms with Crippen LogP contribution in [0.15, 0.2) is 10.6 Å². The highest BCUT2D eigenvalue weighted by atomic mass is 16.5. The molecule has 2 aromatic rings. The van der Waals surface area contributed by atoms with Gasteiger partial charge < -0.3 is 10.3 Å². The van der Waals surface area contributed by atoms with Gasteiger partial charge in [0.1, 0.15) is 0 Å². The van der Waals surface area contributed by atoms with Gasteiger partial charge in [0, 0.05) is 12.5 Å². The van der Waals surface area contributed by atoms with Gasteiger partial charge >= 0.3 is 0 Å². The van der Waals surface area contributed by atoms with E-state index < -0.39 is 0 Å². The van der Waals surface area contributed by atoms with Crippen LogP contribution in [0.3, 0.4) is 0 Å². The van der Waals surface area contributed by atoms with Crippen molar-refractivity contribution in [2.24, 2.45) is 5.73 Å². The molecule has 6 heteroatoms. The van der Waals surface area contributed by atoms with Gasteiger partial charge in [-0.05, 0) is 19.9 Å². The first kappa shape index (κ1) is 11.7. The molecule has 1 unspecified atom stereocenters. The van der Waals surface area contributed by atoms with Crippen LogP contribution in [0.1, 0.15) is 30.1 Å². The van der Waals surface area contributed by atoms with Crippen molar-refractivity contribution in [2.45, 2.75) is 26.7 Å². The smallest absolute Gasteiger partial charge is 0.259 e. The van der Waals surface area contributed by atoms with E-state index in [-0.39, 0.29) is 5.92 Å². The van der Waals surface area contributed by atoms with Crippen molar-refractivity contribution in [3.05, 3.63) is 23.3 Å². The molecule has 0 aliphatic rings. The van der Waals surface area contributed by atoms with E-state index in [1.54, 1.807) is 0 Å². The molecule has 0 aromatic carbocycles. The Bertz CT molecular complexity index is 522. The lowest BCUT2D eigenvalue weighted by Crippen LogP contribution is -2.10. The van der Waals surface area contributed by atoms with E-state index in [0.29, 0.717) is 18.3 Å². The van der Waals surface area contributed by atoms with Crippen LogP contribution in [0.25, 0.3) is 11.5 Å². The molecule has 2 rings (SSSR count). The average molecular weight is 233 g/mol. The lowest BCUT2D eigenvalue weighted by atomic mass is 10.1. The Hall–Kier alpha value is -1.82. The molecule has 0 radical (unpaired) electrons. The van der Waals surface area contributed by atoms with Crippen LogP contribution in [-0.4, -0.2) is 26.9 Å². The first-order valence-electron chi connectivity index (χ1n) is 5.46. The third-order valence-corrected chi connectivity index (χ3v) is 2.57. The van der Waals surface area contributed by atoms with Gasteiger partial charge in [-0.2, -0.15) is 15.2 Å². The van der Waals surface area contributed by atoms with Crippen molar-refractivity contribution in [2.75, 3.05) is 6.54 Å². The maximum absolute atomic E-state index is 5.56. The standard InChI is InChI=1S/C11H15N5O/c1-6(5-12)10-13-11(17-16-10)9-4-7(2)14-15-8(9)3/h4,6H,5,12H2,1-3H3. The van der Waals surface area contributed by atoms with Crippen molar-refractivity contribution < 1.29 is 4.52 Å². The fourth-order valence-electron chi connectivity index (χ4n) is 1.42. The maximum atomic E-state index is 5.56. The topological polar surface area (TPSA) is 90.7 Å². The fraction of sp³-hybridized carbons (Fsp3) is 0.455. The third-order valence-electron chi connectivity index (χ3n) is 2.57. The molecule has 1 atom stereocenters. The summed E-state index contributed by atoms with van der Waals surface area (Å²) in [5.41, 5.74) is 7.97. The molecule has 0 amide bonds.